The van der Waals surface area contributed by atoms with Crippen LogP contribution < -0.4 is 9.62 Å². The summed E-state index contributed by atoms with van der Waals surface area (Å²) < 4.78 is 74.3. The first-order chi connectivity index (χ1) is 18.2. The van der Waals surface area contributed by atoms with Gasteiger partial charge in [0.1, 0.15) is 12.4 Å². The van der Waals surface area contributed by atoms with E-state index >= 15 is 0 Å². The number of hydrogen-bond donors (Lipinski definition) is 1. The van der Waals surface area contributed by atoms with Crippen molar-refractivity contribution in [3.63, 3.8) is 0 Å². The molecular weight excluding hydrogens is 535 g/mol. The summed E-state index contributed by atoms with van der Waals surface area (Å²) in [6.07, 6.45) is -2.20. The van der Waals surface area contributed by atoms with Gasteiger partial charge < -0.3 is 14.6 Å². The normalized spacial score (nSPS) is 18.9. The zero-order chi connectivity index (χ0) is 28.6. The molecule has 2 aliphatic rings. The van der Waals surface area contributed by atoms with Crippen LogP contribution in [0.4, 0.5) is 18.9 Å². The Kier molecular flexibility index (Phi) is 8.53. The highest BCUT2D eigenvalue weighted by Gasteiger charge is 2.35. The van der Waals surface area contributed by atoms with Gasteiger partial charge in [-0.1, -0.05) is 20.8 Å². The minimum atomic E-state index is -4.49. The molecular formula is C26H38F3N5O4S. The van der Waals surface area contributed by atoms with Crippen molar-refractivity contribution in [1.82, 2.24) is 19.2 Å². The van der Waals surface area contributed by atoms with Crippen LogP contribution in [-0.2, 0) is 31.7 Å². The molecule has 2 fully saturated rings. The Morgan fingerprint density at radius 1 is 1.13 bits per heavy atom. The first-order valence-electron chi connectivity index (χ1n) is 13.3. The average molecular weight is 574 g/mol. The molecule has 0 unspecified atom stereocenters. The zero-order valence-electron chi connectivity index (χ0n) is 22.9. The number of nitrogens with one attached hydrogen (secondary N) is 1. The lowest BCUT2D eigenvalue weighted by Crippen LogP contribution is -2.48. The molecule has 3 heterocycles. The summed E-state index contributed by atoms with van der Waals surface area (Å²) in [6, 6.07) is 5.46. The molecule has 2 saturated heterocycles. The Morgan fingerprint density at radius 2 is 1.77 bits per heavy atom. The van der Waals surface area contributed by atoms with Gasteiger partial charge in [0.25, 0.3) is 0 Å². The number of benzene rings is 1. The van der Waals surface area contributed by atoms with Crippen LogP contribution in [0.3, 0.4) is 0 Å². The summed E-state index contributed by atoms with van der Waals surface area (Å²) in [5.41, 5.74) is 1.92. The van der Waals surface area contributed by atoms with E-state index in [4.69, 9.17) is 9.72 Å². The molecule has 0 aliphatic carbocycles. The number of halogens is 3. The SMILES string of the molecule is CN(c1ccc2c(c1)nc(C(C)(C)C)n2CC1CCOCC1)S(=O)(=O)N1CCC(C(=O)NCC(F)(F)F)CC1. The van der Waals surface area contributed by atoms with Gasteiger partial charge in [-0.15, -0.1) is 0 Å². The summed E-state index contributed by atoms with van der Waals surface area (Å²) in [6.45, 7) is 7.37. The Hall–Kier alpha value is -2.38. The molecule has 1 aromatic carbocycles. The predicted octanol–water partition coefficient (Wildman–Crippen LogP) is 3.83. The van der Waals surface area contributed by atoms with E-state index in [1.807, 2.05) is 11.4 Å². The van der Waals surface area contributed by atoms with Crippen LogP contribution in [0.15, 0.2) is 18.2 Å². The second kappa shape index (κ2) is 11.2. The minimum Gasteiger partial charge on any atom is -0.381 e. The number of nitrogens with zero attached hydrogens (tertiary/aromatic N) is 4. The van der Waals surface area contributed by atoms with E-state index in [1.165, 1.54) is 15.7 Å². The Balaban J connectivity index is 1.50. The van der Waals surface area contributed by atoms with Gasteiger partial charge in [-0.3, -0.25) is 9.10 Å². The molecule has 0 saturated carbocycles. The molecule has 0 spiro atoms. The topological polar surface area (TPSA) is 96.8 Å². The van der Waals surface area contributed by atoms with Gasteiger partial charge in [-0.05, 0) is 49.8 Å². The fraction of sp³-hybridized carbons (Fsp3) is 0.692. The van der Waals surface area contributed by atoms with Gasteiger partial charge in [-0.25, -0.2) is 4.98 Å². The van der Waals surface area contributed by atoms with E-state index < -0.39 is 34.8 Å². The fourth-order valence-electron chi connectivity index (χ4n) is 5.25. The fourth-order valence-corrected chi connectivity index (χ4v) is 6.64. The summed E-state index contributed by atoms with van der Waals surface area (Å²) in [7, 11) is -2.44. The van der Waals surface area contributed by atoms with Crippen LogP contribution in [0.1, 0.15) is 52.3 Å². The first kappa shape index (κ1) is 29.6. The summed E-state index contributed by atoms with van der Waals surface area (Å²) >= 11 is 0. The molecule has 2 aliphatic heterocycles. The molecule has 1 aromatic heterocycles. The smallest absolute Gasteiger partial charge is 0.381 e. The molecule has 1 amide bonds. The van der Waals surface area contributed by atoms with Crippen molar-refractivity contribution >= 4 is 32.8 Å². The predicted molar refractivity (Wildman–Crippen MR) is 143 cm³/mol. The highest BCUT2D eigenvalue weighted by atomic mass is 32.2. The number of aromatic nitrogens is 2. The van der Waals surface area contributed by atoms with Gasteiger partial charge in [0.2, 0.25) is 5.91 Å². The minimum absolute atomic E-state index is 0.0485. The van der Waals surface area contributed by atoms with Crippen molar-refractivity contribution < 1.29 is 31.1 Å². The number of piperidine rings is 1. The average Bonchev–Trinajstić information content (AvgIpc) is 3.25. The number of anilines is 1. The molecule has 9 nitrogen and oxygen atoms in total. The van der Waals surface area contributed by atoms with E-state index in [-0.39, 0.29) is 31.3 Å². The largest absolute Gasteiger partial charge is 0.405 e. The first-order valence-corrected chi connectivity index (χ1v) is 14.7. The van der Waals surface area contributed by atoms with E-state index in [0.717, 1.165) is 43.9 Å². The summed E-state index contributed by atoms with van der Waals surface area (Å²) in [5, 5.41) is 1.90. The van der Waals surface area contributed by atoms with E-state index in [9.17, 15) is 26.4 Å². The molecule has 218 valence electrons. The lowest BCUT2D eigenvalue weighted by Gasteiger charge is -2.33. The van der Waals surface area contributed by atoms with Crippen LogP contribution in [0, 0.1) is 11.8 Å². The third-order valence-electron chi connectivity index (χ3n) is 7.51. The zero-order valence-corrected chi connectivity index (χ0v) is 23.7. The monoisotopic (exact) mass is 573 g/mol. The quantitative estimate of drug-likeness (QED) is 0.543. The van der Waals surface area contributed by atoms with Gasteiger partial charge >= 0.3 is 16.4 Å². The van der Waals surface area contributed by atoms with Crippen LogP contribution in [0.2, 0.25) is 0 Å². The van der Waals surface area contributed by atoms with Crippen molar-refractivity contribution in [3.8, 4) is 0 Å². The number of carbonyl (C=O) groups excluding carboxylic acids is 1. The number of hydrogen-bond acceptors (Lipinski definition) is 5. The van der Waals surface area contributed by atoms with Gasteiger partial charge in [0, 0.05) is 51.2 Å². The van der Waals surface area contributed by atoms with Crippen LogP contribution in [-0.4, -0.2) is 74.3 Å². The van der Waals surface area contributed by atoms with Crippen LogP contribution in [0.5, 0.6) is 0 Å². The van der Waals surface area contributed by atoms with Gasteiger partial charge in [0.15, 0.2) is 0 Å². The number of ether oxygens (including phenoxy) is 1. The maximum atomic E-state index is 13.4. The standard InChI is InChI=1S/C26H38F3N5O4S/c1-25(2,3)24-31-21-15-20(5-6-22(21)34(24)16-18-9-13-38-14-10-18)32(4)39(36,37)33-11-7-19(8-12-33)23(35)30-17-26(27,28)29/h5-6,15,18-19H,7-14,16-17H2,1-4H3,(H,30,35). The van der Waals surface area contributed by atoms with Crippen molar-refractivity contribution in [1.29, 1.82) is 0 Å². The third kappa shape index (κ3) is 6.86. The third-order valence-corrected chi connectivity index (χ3v) is 9.43. The Morgan fingerprint density at radius 3 is 2.36 bits per heavy atom. The van der Waals surface area contributed by atoms with Gasteiger partial charge in [-0.2, -0.15) is 25.9 Å². The molecule has 1 N–H and O–H groups in total. The molecule has 4 rings (SSSR count). The summed E-state index contributed by atoms with van der Waals surface area (Å²) in [5.74, 6) is 0.0705. The van der Waals surface area contributed by atoms with Crippen LogP contribution >= 0.6 is 0 Å². The second-order valence-electron chi connectivity index (χ2n) is 11.5. The number of fused-ring (bicyclic) bond motifs is 1. The molecule has 0 radical (unpaired) electrons. The Bertz CT molecular complexity index is 1270. The number of alkyl halides is 3. The Labute approximate surface area is 227 Å². The van der Waals surface area contributed by atoms with Crippen LogP contribution in [0.25, 0.3) is 11.0 Å². The molecule has 39 heavy (non-hydrogen) atoms. The van der Waals surface area contributed by atoms with Gasteiger partial charge in [0.05, 0.1) is 16.7 Å². The van der Waals surface area contributed by atoms with Crippen molar-refractivity contribution in [2.45, 2.75) is 64.6 Å². The van der Waals surface area contributed by atoms with Crippen molar-refractivity contribution in [2.24, 2.45) is 11.8 Å². The maximum absolute atomic E-state index is 13.4. The van der Waals surface area contributed by atoms with E-state index in [1.54, 1.807) is 12.1 Å². The number of imidazole rings is 1. The van der Waals surface area contributed by atoms with Crippen molar-refractivity contribution in [2.75, 3.05) is 44.2 Å². The number of carbonyl (C=O) groups is 1. The lowest BCUT2D eigenvalue weighted by atomic mass is 9.94. The molecule has 0 bridgehead atoms. The number of amides is 1. The van der Waals surface area contributed by atoms with Crippen molar-refractivity contribution in [3.05, 3.63) is 24.0 Å². The second-order valence-corrected chi connectivity index (χ2v) is 13.5. The molecule has 13 heteroatoms. The molecule has 0 atom stereocenters. The molecule has 2 aromatic rings. The van der Waals surface area contributed by atoms with E-state index in [2.05, 4.69) is 25.3 Å². The summed E-state index contributed by atoms with van der Waals surface area (Å²) in [4.78, 5) is 17.0. The van der Waals surface area contributed by atoms with E-state index in [0.29, 0.717) is 17.1 Å². The highest BCUT2D eigenvalue weighted by Crippen LogP contribution is 2.32. The number of rotatable bonds is 7. The highest BCUT2D eigenvalue weighted by molar-refractivity contribution is 7.90. The maximum Gasteiger partial charge on any atom is 0.405 e. The lowest BCUT2D eigenvalue weighted by molar-refractivity contribution is -0.141.